The third-order valence-corrected chi connectivity index (χ3v) is 2.42. The second-order valence-corrected chi connectivity index (χ2v) is 5.63. The zero-order valence-electron chi connectivity index (χ0n) is 12.0. The highest BCUT2D eigenvalue weighted by atomic mass is 16.3. The number of aliphatic hydroxyl groups is 1. The summed E-state index contributed by atoms with van der Waals surface area (Å²) < 4.78 is 0. The van der Waals surface area contributed by atoms with Crippen LogP contribution in [0.15, 0.2) is 4.99 Å². The van der Waals surface area contributed by atoms with Gasteiger partial charge in [0.2, 0.25) is 0 Å². The van der Waals surface area contributed by atoms with Gasteiger partial charge in [-0.15, -0.1) is 0 Å². The second-order valence-electron chi connectivity index (χ2n) is 5.63. The lowest BCUT2D eigenvalue weighted by atomic mass is 9.89. The normalized spacial score (nSPS) is 14.6. The summed E-state index contributed by atoms with van der Waals surface area (Å²) in [5, 5.41) is 15.3. The van der Waals surface area contributed by atoms with Crippen LogP contribution in [0.25, 0.3) is 0 Å². The van der Waals surface area contributed by atoms with Crippen LogP contribution in [0.2, 0.25) is 0 Å². The Balaban J connectivity index is 4.07. The molecule has 0 aromatic rings. The minimum atomic E-state index is 0.0902. The molecule has 3 N–H and O–H groups in total. The van der Waals surface area contributed by atoms with Crippen LogP contribution >= 0.6 is 0 Å². The van der Waals surface area contributed by atoms with Gasteiger partial charge in [-0.2, -0.15) is 0 Å². The first-order valence-electron chi connectivity index (χ1n) is 6.54. The Morgan fingerprint density at radius 1 is 1.35 bits per heavy atom. The molecule has 0 bridgehead atoms. The lowest BCUT2D eigenvalue weighted by Gasteiger charge is -2.23. The Kier molecular flexibility index (Phi) is 7.96. The van der Waals surface area contributed by atoms with E-state index < -0.39 is 0 Å². The van der Waals surface area contributed by atoms with Crippen molar-refractivity contribution in [3.63, 3.8) is 0 Å². The highest BCUT2D eigenvalue weighted by Gasteiger charge is 2.13. The quantitative estimate of drug-likeness (QED) is 0.492. The van der Waals surface area contributed by atoms with Crippen molar-refractivity contribution in [1.29, 1.82) is 0 Å². The van der Waals surface area contributed by atoms with E-state index in [0.717, 1.165) is 18.9 Å². The van der Waals surface area contributed by atoms with E-state index in [1.807, 2.05) is 6.92 Å². The third kappa shape index (κ3) is 10.1. The molecule has 0 aliphatic carbocycles. The van der Waals surface area contributed by atoms with E-state index in [1.54, 1.807) is 0 Å². The van der Waals surface area contributed by atoms with Crippen molar-refractivity contribution < 1.29 is 5.11 Å². The number of rotatable bonds is 6. The number of nitrogens with zero attached hydrogens (tertiary/aromatic N) is 1. The lowest BCUT2D eigenvalue weighted by molar-refractivity contribution is 0.306. The molecule has 0 saturated heterocycles. The highest BCUT2D eigenvalue weighted by molar-refractivity contribution is 5.80. The number of hydrogen-bond donors (Lipinski definition) is 3. The van der Waals surface area contributed by atoms with Gasteiger partial charge in [-0.1, -0.05) is 20.8 Å². The molecule has 0 saturated carbocycles. The minimum Gasteiger partial charge on any atom is -0.394 e. The van der Waals surface area contributed by atoms with Crippen LogP contribution in [-0.2, 0) is 0 Å². The summed E-state index contributed by atoms with van der Waals surface area (Å²) in [6.45, 7) is 12.3. The maximum atomic E-state index is 8.76. The minimum absolute atomic E-state index is 0.0902. The SMILES string of the molecule is CCNC(=NCCO)NC(C)CCC(C)(C)C. The summed E-state index contributed by atoms with van der Waals surface area (Å²) in [4.78, 5) is 4.26. The van der Waals surface area contributed by atoms with E-state index in [-0.39, 0.29) is 6.61 Å². The third-order valence-electron chi connectivity index (χ3n) is 2.42. The van der Waals surface area contributed by atoms with Crippen LogP contribution in [-0.4, -0.2) is 36.8 Å². The zero-order valence-corrected chi connectivity index (χ0v) is 12.0. The van der Waals surface area contributed by atoms with E-state index in [4.69, 9.17) is 5.11 Å². The maximum Gasteiger partial charge on any atom is 0.191 e. The van der Waals surface area contributed by atoms with Crippen molar-refractivity contribution >= 4 is 5.96 Å². The summed E-state index contributed by atoms with van der Waals surface area (Å²) >= 11 is 0. The van der Waals surface area contributed by atoms with Gasteiger partial charge in [0.25, 0.3) is 0 Å². The molecule has 1 atom stereocenters. The summed E-state index contributed by atoms with van der Waals surface area (Å²) in [7, 11) is 0. The fourth-order valence-electron chi connectivity index (χ4n) is 1.44. The van der Waals surface area contributed by atoms with E-state index in [9.17, 15) is 0 Å². The molecule has 0 aromatic carbocycles. The average Bonchev–Trinajstić information content (AvgIpc) is 2.22. The van der Waals surface area contributed by atoms with Crippen LogP contribution in [0.4, 0.5) is 0 Å². The lowest BCUT2D eigenvalue weighted by Crippen LogP contribution is -2.42. The molecule has 0 aromatic heterocycles. The Labute approximate surface area is 106 Å². The van der Waals surface area contributed by atoms with Gasteiger partial charge < -0.3 is 15.7 Å². The van der Waals surface area contributed by atoms with E-state index in [0.29, 0.717) is 18.0 Å². The molecule has 4 nitrogen and oxygen atoms in total. The number of aliphatic imine (C=N–C) groups is 1. The van der Waals surface area contributed by atoms with Crippen molar-refractivity contribution in [2.75, 3.05) is 19.7 Å². The summed E-state index contributed by atoms with van der Waals surface area (Å²) in [5.74, 6) is 0.794. The van der Waals surface area contributed by atoms with Crippen LogP contribution in [0.1, 0.15) is 47.5 Å². The molecule has 0 heterocycles. The Morgan fingerprint density at radius 3 is 2.47 bits per heavy atom. The standard InChI is InChI=1S/C13H29N3O/c1-6-14-12(15-9-10-17)16-11(2)7-8-13(3,4)5/h11,17H,6-10H2,1-5H3,(H2,14,15,16). The molecule has 0 amide bonds. The Hall–Kier alpha value is -0.770. The first-order chi connectivity index (χ1) is 7.89. The monoisotopic (exact) mass is 243 g/mol. The molecule has 102 valence electrons. The van der Waals surface area contributed by atoms with Crippen molar-refractivity contribution in [1.82, 2.24) is 10.6 Å². The molecule has 0 rings (SSSR count). The van der Waals surface area contributed by atoms with Gasteiger partial charge in [-0.3, -0.25) is 4.99 Å². The predicted molar refractivity (Wildman–Crippen MR) is 74.4 cm³/mol. The first-order valence-corrected chi connectivity index (χ1v) is 6.54. The van der Waals surface area contributed by atoms with Crippen LogP contribution < -0.4 is 10.6 Å². The molecule has 0 aliphatic heterocycles. The Bertz CT molecular complexity index is 221. The molecule has 0 fully saturated rings. The van der Waals surface area contributed by atoms with E-state index >= 15 is 0 Å². The van der Waals surface area contributed by atoms with Crippen LogP contribution in [0, 0.1) is 5.41 Å². The number of hydrogen-bond acceptors (Lipinski definition) is 2. The van der Waals surface area contributed by atoms with Crippen LogP contribution in [0.5, 0.6) is 0 Å². The molecule has 0 spiro atoms. The molecule has 1 unspecified atom stereocenters. The Morgan fingerprint density at radius 2 is 2.00 bits per heavy atom. The van der Waals surface area contributed by atoms with Gasteiger partial charge in [-0.05, 0) is 32.1 Å². The number of guanidine groups is 1. The molecular formula is C13H29N3O. The van der Waals surface area contributed by atoms with Gasteiger partial charge in [0.15, 0.2) is 5.96 Å². The fourth-order valence-corrected chi connectivity index (χ4v) is 1.44. The topological polar surface area (TPSA) is 56.7 Å². The van der Waals surface area contributed by atoms with E-state index in [1.165, 1.54) is 6.42 Å². The summed E-state index contributed by atoms with van der Waals surface area (Å²) in [6, 6.07) is 0.394. The predicted octanol–water partition coefficient (Wildman–Crippen LogP) is 1.75. The van der Waals surface area contributed by atoms with Gasteiger partial charge in [0.1, 0.15) is 0 Å². The number of nitrogens with one attached hydrogen (secondary N) is 2. The van der Waals surface area contributed by atoms with Gasteiger partial charge in [0.05, 0.1) is 13.2 Å². The molecular weight excluding hydrogens is 214 g/mol. The fraction of sp³-hybridized carbons (Fsp3) is 0.923. The largest absolute Gasteiger partial charge is 0.394 e. The van der Waals surface area contributed by atoms with Crippen molar-refractivity contribution in [3.8, 4) is 0 Å². The van der Waals surface area contributed by atoms with Crippen molar-refractivity contribution in [2.24, 2.45) is 10.4 Å². The first kappa shape index (κ1) is 16.2. The smallest absolute Gasteiger partial charge is 0.191 e. The van der Waals surface area contributed by atoms with Gasteiger partial charge >= 0.3 is 0 Å². The number of aliphatic hydroxyl groups excluding tert-OH is 1. The highest BCUT2D eigenvalue weighted by Crippen LogP contribution is 2.21. The molecule has 0 aliphatic rings. The van der Waals surface area contributed by atoms with Crippen molar-refractivity contribution in [3.05, 3.63) is 0 Å². The molecule has 0 radical (unpaired) electrons. The summed E-state index contributed by atoms with van der Waals surface area (Å²) in [6.07, 6.45) is 2.30. The summed E-state index contributed by atoms with van der Waals surface area (Å²) in [5.41, 5.74) is 0.372. The molecule has 4 heteroatoms. The van der Waals surface area contributed by atoms with Gasteiger partial charge in [-0.25, -0.2) is 0 Å². The second kappa shape index (κ2) is 8.34. The van der Waals surface area contributed by atoms with Crippen molar-refractivity contribution in [2.45, 2.75) is 53.5 Å². The van der Waals surface area contributed by atoms with Gasteiger partial charge in [0, 0.05) is 12.6 Å². The molecule has 17 heavy (non-hydrogen) atoms. The maximum absolute atomic E-state index is 8.76. The average molecular weight is 243 g/mol. The van der Waals surface area contributed by atoms with Crippen LogP contribution in [0.3, 0.4) is 0 Å². The van der Waals surface area contributed by atoms with E-state index in [2.05, 4.69) is 43.3 Å². The zero-order chi connectivity index (χ0) is 13.3.